The van der Waals surface area contributed by atoms with Gasteiger partial charge in [-0.1, -0.05) is 6.07 Å². The summed E-state index contributed by atoms with van der Waals surface area (Å²) in [4.78, 5) is 4.48. The van der Waals surface area contributed by atoms with Gasteiger partial charge in [-0.2, -0.15) is 0 Å². The van der Waals surface area contributed by atoms with Crippen molar-refractivity contribution in [3.63, 3.8) is 0 Å². The predicted molar refractivity (Wildman–Crippen MR) is 77.4 cm³/mol. The van der Waals surface area contributed by atoms with Gasteiger partial charge in [0.1, 0.15) is 0 Å². The molecule has 2 N–H and O–H groups in total. The van der Waals surface area contributed by atoms with E-state index in [1.165, 1.54) is 5.56 Å². The van der Waals surface area contributed by atoms with E-state index >= 15 is 0 Å². The van der Waals surface area contributed by atoms with Crippen molar-refractivity contribution < 1.29 is 0 Å². The number of aromatic nitrogens is 1. The minimum Gasteiger partial charge on any atom is -0.308 e. The average Bonchev–Trinajstić information content (AvgIpc) is 2.22. The van der Waals surface area contributed by atoms with E-state index < -0.39 is 0 Å². The molecule has 1 heterocycles. The zero-order valence-electron chi connectivity index (χ0n) is 12.6. The highest BCUT2D eigenvalue weighted by atomic mass is 15.0. The number of rotatable bonds is 4. The molecule has 0 unspecified atom stereocenters. The van der Waals surface area contributed by atoms with Gasteiger partial charge < -0.3 is 10.6 Å². The van der Waals surface area contributed by atoms with E-state index in [1.54, 1.807) is 0 Å². The molecule has 0 radical (unpaired) electrons. The van der Waals surface area contributed by atoms with Crippen LogP contribution in [0.1, 0.15) is 52.8 Å². The maximum absolute atomic E-state index is 4.48. The maximum atomic E-state index is 4.48. The molecule has 0 spiro atoms. The highest BCUT2D eigenvalue weighted by Gasteiger charge is 2.13. The average molecular weight is 249 g/mol. The summed E-state index contributed by atoms with van der Waals surface area (Å²) in [6.45, 7) is 14.7. The van der Waals surface area contributed by atoms with Gasteiger partial charge in [0.15, 0.2) is 0 Å². The largest absolute Gasteiger partial charge is 0.308 e. The Kier molecular flexibility index (Phi) is 4.88. The molecule has 102 valence electrons. The minimum absolute atomic E-state index is 0.117. The summed E-state index contributed by atoms with van der Waals surface area (Å²) in [6, 6.07) is 4.14. The van der Waals surface area contributed by atoms with E-state index in [2.05, 4.69) is 63.2 Å². The van der Waals surface area contributed by atoms with Crippen molar-refractivity contribution in [3.8, 4) is 0 Å². The quantitative estimate of drug-likeness (QED) is 0.861. The van der Waals surface area contributed by atoms with Gasteiger partial charge in [-0.05, 0) is 53.2 Å². The van der Waals surface area contributed by atoms with Crippen LogP contribution in [-0.2, 0) is 13.1 Å². The number of pyridine rings is 1. The summed E-state index contributed by atoms with van der Waals surface area (Å²) in [5.41, 5.74) is 2.64. The Morgan fingerprint density at radius 2 is 1.50 bits per heavy atom. The van der Waals surface area contributed by atoms with Gasteiger partial charge in [-0.25, -0.2) is 0 Å². The molecule has 3 heteroatoms. The van der Waals surface area contributed by atoms with Crippen molar-refractivity contribution in [1.29, 1.82) is 0 Å². The molecule has 0 bridgehead atoms. The van der Waals surface area contributed by atoms with Gasteiger partial charge in [0.2, 0.25) is 0 Å². The van der Waals surface area contributed by atoms with Crippen LogP contribution in [-0.4, -0.2) is 16.1 Å². The number of hydrogen-bond acceptors (Lipinski definition) is 3. The van der Waals surface area contributed by atoms with Crippen molar-refractivity contribution in [2.45, 2.75) is 65.7 Å². The van der Waals surface area contributed by atoms with Gasteiger partial charge in [0.05, 0.1) is 5.69 Å². The van der Waals surface area contributed by atoms with Crippen LogP contribution in [0.3, 0.4) is 0 Å². The molecule has 0 aliphatic carbocycles. The molecule has 3 nitrogen and oxygen atoms in total. The first-order chi connectivity index (χ1) is 8.17. The highest BCUT2D eigenvalue weighted by Crippen LogP contribution is 2.10. The Morgan fingerprint density at radius 3 is 2.06 bits per heavy atom. The Balaban J connectivity index is 2.68. The smallest absolute Gasteiger partial charge is 0.0586 e. The summed E-state index contributed by atoms with van der Waals surface area (Å²) < 4.78 is 0. The fraction of sp³-hybridized carbons (Fsp3) is 0.667. The van der Waals surface area contributed by atoms with Crippen molar-refractivity contribution in [2.24, 2.45) is 0 Å². The molecular weight excluding hydrogens is 222 g/mol. The second kappa shape index (κ2) is 5.81. The van der Waals surface area contributed by atoms with Crippen LogP contribution >= 0.6 is 0 Å². The van der Waals surface area contributed by atoms with Crippen LogP contribution in [0.25, 0.3) is 0 Å². The first-order valence-electron chi connectivity index (χ1n) is 6.60. The van der Waals surface area contributed by atoms with Crippen LogP contribution in [0.4, 0.5) is 0 Å². The maximum Gasteiger partial charge on any atom is 0.0586 e. The van der Waals surface area contributed by atoms with E-state index in [4.69, 9.17) is 0 Å². The summed E-state index contributed by atoms with van der Waals surface area (Å²) in [5, 5.41) is 6.99. The molecule has 1 aromatic rings. The van der Waals surface area contributed by atoms with E-state index in [0.29, 0.717) is 0 Å². The van der Waals surface area contributed by atoms with Gasteiger partial charge in [-0.3, -0.25) is 4.98 Å². The van der Waals surface area contributed by atoms with E-state index in [0.717, 1.165) is 18.8 Å². The number of nitrogens with zero attached hydrogens (tertiary/aromatic N) is 1. The monoisotopic (exact) mass is 249 g/mol. The highest BCUT2D eigenvalue weighted by molar-refractivity contribution is 5.20. The molecule has 0 saturated heterocycles. The lowest BCUT2D eigenvalue weighted by Crippen LogP contribution is -2.37. The lowest BCUT2D eigenvalue weighted by molar-refractivity contribution is 0.410. The fourth-order valence-corrected chi connectivity index (χ4v) is 1.50. The first kappa shape index (κ1) is 15.1. The summed E-state index contributed by atoms with van der Waals surface area (Å²) in [7, 11) is 0. The Morgan fingerprint density at radius 1 is 0.944 bits per heavy atom. The van der Waals surface area contributed by atoms with E-state index in [9.17, 15) is 0 Å². The number of nitrogens with one attached hydrogen (secondary N) is 2. The molecule has 1 rings (SSSR count). The fourth-order valence-electron chi connectivity index (χ4n) is 1.50. The molecule has 1 aromatic heterocycles. The first-order valence-corrected chi connectivity index (χ1v) is 6.60. The molecule has 0 saturated carbocycles. The molecule has 0 amide bonds. The lowest BCUT2D eigenvalue weighted by atomic mass is 10.1. The van der Waals surface area contributed by atoms with Gasteiger partial charge in [-0.15, -0.1) is 0 Å². The van der Waals surface area contributed by atoms with Crippen molar-refractivity contribution in [2.75, 3.05) is 0 Å². The molecule has 0 aliphatic heterocycles. The van der Waals surface area contributed by atoms with Crippen LogP contribution in [0.5, 0.6) is 0 Å². The summed E-state index contributed by atoms with van der Waals surface area (Å²) in [5.74, 6) is 0. The lowest BCUT2D eigenvalue weighted by Gasteiger charge is -2.23. The molecule has 0 aliphatic rings. The zero-order valence-corrected chi connectivity index (χ0v) is 12.6. The van der Waals surface area contributed by atoms with E-state index in [-0.39, 0.29) is 11.1 Å². The second-order valence-corrected chi connectivity index (χ2v) is 6.82. The van der Waals surface area contributed by atoms with Crippen molar-refractivity contribution >= 4 is 0 Å². The van der Waals surface area contributed by atoms with Crippen LogP contribution in [0, 0.1) is 0 Å². The standard InChI is InChI=1S/C15H27N3/c1-14(2,3)17-10-12-8-7-9-16-13(12)11-18-15(4,5)6/h7-9,17-18H,10-11H2,1-6H3. The predicted octanol–water partition coefficient (Wildman–Crippen LogP) is 2.86. The summed E-state index contributed by atoms with van der Waals surface area (Å²) in [6.07, 6.45) is 1.86. The van der Waals surface area contributed by atoms with Crippen molar-refractivity contribution in [3.05, 3.63) is 29.6 Å². The Hall–Kier alpha value is -0.930. The summed E-state index contributed by atoms with van der Waals surface area (Å²) >= 11 is 0. The Bertz CT molecular complexity index is 335. The van der Waals surface area contributed by atoms with Crippen LogP contribution in [0.2, 0.25) is 0 Å². The molecule has 0 fully saturated rings. The second-order valence-electron chi connectivity index (χ2n) is 6.82. The van der Waals surface area contributed by atoms with Gasteiger partial charge in [0, 0.05) is 30.4 Å². The van der Waals surface area contributed by atoms with Gasteiger partial charge in [0.25, 0.3) is 0 Å². The Labute approximate surface area is 111 Å². The van der Waals surface area contributed by atoms with Crippen LogP contribution in [0.15, 0.2) is 18.3 Å². The normalized spacial score (nSPS) is 12.8. The third-order valence-electron chi connectivity index (χ3n) is 2.58. The van der Waals surface area contributed by atoms with E-state index in [1.807, 2.05) is 12.3 Å². The molecule has 0 atom stereocenters. The topological polar surface area (TPSA) is 37.0 Å². The van der Waals surface area contributed by atoms with Crippen molar-refractivity contribution in [1.82, 2.24) is 15.6 Å². The molecular formula is C15H27N3. The SMILES string of the molecule is CC(C)(C)NCc1cccnc1CNC(C)(C)C. The number of hydrogen-bond donors (Lipinski definition) is 2. The molecule has 18 heavy (non-hydrogen) atoms. The zero-order chi connectivity index (χ0) is 13.8. The van der Waals surface area contributed by atoms with Crippen LogP contribution < -0.4 is 10.6 Å². The minimum atomic E-state index is 0.117. The third kappa shape index (κ3) is 6.12. The third-order valence-corrected chi connectivity index (χ3v) is 2.58. The molecule has 0 aromatic carbocycles. The van der Waals surface area contributed by atoms with Gasteiger partial charge >= 0.3 is 0 Å².